The Hall–Kier alpha value is -0.610. The second kappa shape index (κ2) is 9.34. The van der Waals surface area contributed by atoms with Crippen molar-refractivity contribution in [2.75, 3.05) is 26.8 Å². The summed E-state index contributed by atoms with van der Waals surface area (Å²) < 4.78 is 4.92. The van der Waals surface area contributed by atoms with Crippen molar-refractivity contribution in [3.63, 3.8) is 0 Å². The predicted octanol–water partition coefficient (Wildman–Crippen LogP) is 1.70. The Morgan fingerprint density at radius 3 is 2.56 bits per heavy atom. The van der Waals surface area contributed by atoms with Crippen molar-refractivity contribution < 1.29 is 9.53 Å². The second-order valence-electron chi connectivity index (χ2n) is 5.28. The molecule has 0 aliphatic heterocycles. The molecule has 1 fully saturated rings. The van der Waals surface area contributed by atoms with Crippen molar-refractivity contribution in [2.45, 2.75) is 51.5 Å². The molecule has 2 N–H and O–H groups in total. The van der Waals surface area contributed by atoms with Gasteiger partial charge in [-0.05, 0) is 25.7 Å². The molecule has 1 amide bonds. The van der Waals surface area contributed by atoms with E-state index in [0.717, 1.165) is 6.54 Å². The van der Waals surface area contributed by atoms with Crippen LogP contribution in [0.3, 0.4) is 0 Å². The molecule has 4 nitrogen and oxygen atoms in total. The van der Waals surface area contributed by atoms with Crippen molar-refractivity contribution in [3.05, 3.63) is 0 Å². The average molecular weight is 256 g/mol. The summed E-state index contributed by atoms with van der Waals surface area (Å²) in [4.78, 5) is 11.7. The maximum Gasteiger partial charge on any atom is 0.234 e. The van der Waals surface area contributed by atoms with Crippen LogP contribution in [-0.2, 0) is 9.53 Å². The summed E-state index contributed by atoms with van der Waals surface area (Å²) in [6.45, 7) is 3.90. The standard InChI is InChI=1S/C14H28N2O2/c1-12(13-7-5-3-4-6-8-13)16-14(17)11-15-9-10-18-2/h12-13,15H,3-11H2,1-2H3,(H,16,17)/t12-/m1/s1. The van der Waals surface area contributed by atoms with Gasteiger partial charge in [0.05, 0.1) is 13.2 Å². The van der Waals surface area contributed by atoms with Gasteiger partial charge >= 0.3 is 0 Å². The van der Waals surface area contributed by atoms with Gasteiger partial charge in [-0.15, -0.1) is 0 Å². The lowest BCUT2D eigenvalue weighted by Crippen LogP contribution is -2.43. The fourth-order valence-electron chi connectivity index (χ4n) is 2.61. The first kappa shape index (κ1) is 15.4. The van der Waals surface area contributed by atoms with Crippen molar-refractivity contribution in [1.29, 1.82) is 0 Å². The van der Waals surface area contributed by atoms with Crippen LogP contribution in [0, 0.1) is 5.92 Å². The van der Waals surface area contributed by atoms with Crippen LogP contribution in [0.1, 0.15) is 45.4 Å². The van der Waals surface area contributed by atoms with Crippen LogP contribution in [0.25, 0.3) is 0 Å². The van der Waals surface area contributed by atoms with E-state index in [1.54, 1.807) is 7.11 Å². The van der Waals surface area contributed by atoms with Crippen LogP contribution in [0.15, 0.2) is 0 Å². The number of ether oxygens (including phenoxy) is 1. The molecule has 0 spiro atoms. The molecule has 0 bridgehead atoms. The number of amides is 1. The number of rotatable bonds is 7. The first-order chi connectivity index (χ1) is 8.74. The third kappa shape index (κ3) is 6.36. The quantitative estimate of drug-likeness (QED) is 0.538. The molecule has 0 aromatic rings. The summed E-state index contributed by atoms with van der Waals surface area (Å²) in [5.74, 6) is 0.762. The molecule has 0 saturated heterocycles. The van der Waals surface area contributed by atoms with Crippen LogP contribution in [0.2, 0.25) is 0 Å². The maximum absolute atomic E-state index is 11.7. The smallest absolute Gasteiger partial charge is 0.234 e. The minimum Gasteiger partial charge on any atom is -0.383 e. The molecular weight excluding hydrogens is 228 g/mol. The molecule has 1 aliphatic carbocycles. The summed E-state index contributed by atoms with van der Waals surface area (Å²) in [7, 11) is 1.66. The molecule has 4 heteroatoms. The van der Waals surface area contributed by atoms with Gasteiger partial charge in [0.2, 0.25) is 5.91 Å². The van der Waals surface area contributed by atoms with E-state index in [1.165, 1.54) is 38.5 Å². The number of hydrogen-bond donors (Lipinski definition) is 2. The highest BCUT2D eigenvalue weighted by molar-refractivity contribution is 5.78. The van der Waals surface area contributed by atoms with Crippen molar-refractivity contribution in [2.24, 2.45) is 5.92 Å². The number of hydrogen-bond acceptors (Lipinski definition) is 3. The SMILES string of the molecule is COCCNCC(=O)N[C@H](C)C1CCCCCC1. The van der Waals surface area contributed by atoms with Gasteiger partial charge in [-0.1, -0.05) is 25.7 Å². The van der Waals surface area contributed by atoms with Crippen LogP contribution in [-0.4, -0.2) is 38.8 Å². The maximum atomic E-state index is 11.7. The molecule has 1 aliphatic rings. The minimum atomic E-state index is 0.0999. The van der Waals surface area contributed by atoms with Gasteiger partial charge in [-0.3, -0.25) is 4.79 Å². The monoisotopic (exact) mass is 256 g/mol. The van der Waals surface area contributed by atoms with E-state index in [0.29, 0.717) is 25.1 Å². The average Bonchev–Trinajstić information content (AvgIpc) is 2.63. The Labute approximate surface area is 111 Å². The highest BCUT2D eigenvalue weighted by Crippen LogP contribution is 2.25. The fourth-order valence-corrected chi connectivity index (χ4v) is 2.61. The van der Waals surface area contributed by atoms with E-state index in [-0.39, 0.29) is 5.91 Å². The molecule has 18 heavy (non-hydrogen) atoms. The molecule has 1 rings (SSSR count). The molecule has 106 valence electrons. The van der Waals surface area contributed by atoms with E-state index in [1.807, 2.05) is 0 Å². The first-order valence-corrected chi connectivity index (χ1v) is 7.23. The molecule has 1 saturated carbocycles. The van der Waals surface area contributed by atoms with Crippen LogP contribution in [0.4, 0.5) is 0 Å². The van der Waals surface area contributed by atoms with Gasteiger partial charge < -0.3 is 15.4 Å². The van der Waals surface area contributed by atoms with Gasteiger partial charge in [0.15, 0.2) is 0 Å². The van der Waals surface area contributed by atoms with Gasteiger partial charge in [0.25, 0.3) is 0 Å². The van der Waals surface area contributed by atoms with E-state index in [4.69, 9.17) is 4.74 Å². The zero-order valence-corrected chi connectivity index (χ0v) is 11.8. The third-order valence-corrected chi connectivity index (χ3v) is 3.76. The molecule has 0 heterocycles. The van der Waals surface area contributed by atoms with Crippen LogP contribution in [0.5, 0.6) is 0 Å². The summed E-state index contributed by atoms with van der Waals surface area (Å²) in [6.07, 6.45) is 7.87. The molecule has 1 atom stereocenters. The van der Waals surface area contributed by atoms with Crippen molar-refractivity contribution >= 4 is 5.91 Å². The summed E-state index contributed by atoms with van der Waals surface area (Å²) in [6, 6.07) is 0.305. The summed E-state index contributed by atoms with van der Waals surface area (Å²) in [5.41, 5.74) is 0. The van der Waals surface area contributed by atoms with Gasteiger partial charge in [-0.25, -0.2) is 0 Å². The Morgan fingerprint density at radius 1 is 1.28 bits per heavy atom. The highest BCUT2D eigenvalue weighted by atomic mass is 16.5. The van der Waals surface area contributed by atoms with Crippen LogP contribution < -0.4 is 10.6 Å². The number of carbonyl (C=O) groups is 1. The minimum absolute atomic E-state index is 0.0999. The third-order valence-electron chi connectivity index (χ3n) is 3.76. The second-order valence-corrected chi connectivity index (χ2v) is 5.28. The Kier molecular flexibility index (Phi) is 8.01. The van der Waals surface area contributed by atoms with Crippen molar-refractivity contribution in [1.82, 2.24) is 10.6 Å². The lowest BCUT2D eigenvalue weighted by molar-refractivity contribution is -0.121. The predicted molar refractivity (Wildman–Crippen MR) is 73.5 cm³/mol. The topological polar surface area (TPSA) is 50.4 Å². The molecular formula is C14H28N2O2. The zero-order valence-electron chi connectivity index (χ0n) is 11.8. The summed E-state index contributed by atoms with van der Waals surface area (Å²) >= 11 is 0. The zero-order chi connectivity index (χ0) is 13.2. The van der Waals surface area contributed by atoms with E-state index >= 15 is 0 Å². The van der Waals surface area contributed by atoms with Gasteiger partial charge in [0.1, 0.15) is 0 Å². The van der Waals surface area contributed by atoms with Gasteiger partial charge in [-0.2, -0.15) is 0 Å². The van der Waals surface area contributed by atoms with Gasteiger partial charge in [0, 0.05) is 19.7 Å². The van der Waals surface area contributed by atoms with Crippen molar-refractivity contribution in [3.8, 4) is 0 Å². The lowest BCUT2D eigenvalue weighted by Gasteiger charge is -2.23. The normalized spacial score (nSPS) is 19.2. The van der Waals surface area contributed by atoms with E-state index in [2.05, 4.69) is 17.6 Å². The molecule has 0 radical (unpaired) electrons. The first-order valence-electron chi connectivity index (χ1n) is 7.23. The fraction of sp³-hybridized carbons (Fsp3) is 0.929. The highest BCUT2D eigenvalue weighted by Gasteiger charge is 2.20. The van der Waals surface area contributed by atoms with E-state index < -0.39 is 0 Å². The Balaban J connectivity index is 2.16. The molecule has 0 unspecified atom stereocenters. The summed E-state index contributed by atoms with van der Waals surface area (Å²) in [5, 5.41) is 6.18. The number of methoxy groups -OCH3 is 1. The lowest BCUT2D eigenvalue weighted by atomic mass is 9.93. The van der Waals surface area contributed by atoms with E-state index in [9.17, 15) is 4.79 Å². The molecule has 0 aromatic heterocycles. The Bertz CT molecular complexity index is 226. The largest absolute Gasteiger partial charge is 0.383 e. The van der Waals surface area contributed by atoms with Crippen LogP contribution >= 0.6 is 0 Å². The molecule has 0 aromatic carbocycles. The Morgan fingerprint density at radius 2 is 1.94 bits per heavy atom. The number of carbonyl (C=O) groups excluding carboxylic acids is 1. The number of nitrogens with one attached hydrogen (secondary N) is 2.